The summed E-state index contributed by atoms with van der Waals surface area (Å²) in [7, 11) is 0. The second-order valence-corrected chi connectivity index (χ2v) is 8.95. The van der Waals surface area contributed by atoms with E-state index < -0.39 is 0 Å². The molecule has 8 heteroatoms. The smallest absolute Gasteiger partial charge is 0.270 e. The van der Waals surface area contributed by atoms with Gasteiger partial charge in [0.25, 0.3) is 5.91 Å². The van der Waals surface area contributed by atoms with Crippen LogP contribution in [0.5, 0.6) is 0 Å². The SMILES string of the molecule is CSc1cccc2sc(N(Cc3ccco3)C(=O)c3ccc(Cl)s3)nc12. The Balaban J connectivity index is 1.78. The topological polar surface area (TPSA) is 46.3 Å². The summed E-state index contributed by atoms with van der Waals surface area (Å²) in [6, 6.07) is 13.2. The van der Waals surface area contributed by atoms with E-state index in [0.29, 0.717) is 26.7 Å². The normalized spacial score (nSPS) is 11.2. The van der Waals surface area contributed by atoms with E-state index in [-0.39, 0.29) is 5.91 Å². The number of thiazole rings is 1. The molecule has 132 valence electrons. The number of hydrogen-bond acceptors (Lipinski definition) is 6. The van der Waals surface area contributed by atoms with Crippen molar-refractivity contribution < 1.29 is 9.21 Å². The van der Waals surface area contributed by atoms with E-state index in [0.717, 1.165) is 15.1 Å². The Hall–Kier alpha value is -1.80. The Morgan fingerprint density at radius 3 is 2.81 bits per heavy atom. The number of carbonyl (C=O) groups excluding carboxylic acids is 1. The minimum atomic E-state index is -0.136. The molecule has 4 aromatic rings. The van der Waals surface area contributed by atoms with Gasteiger partial charge in [-0.25, -0.2) is 4.98 Å². The number of hydrogen-bond donors (Lipinski definition) is 0. The second-order valence-electron chi connectivity index (χ2n) is 5.38. The molecule has 0 fully saturated rings. The molecule has 3 heterocycles. The summed E-state index contributed by atoms with van der Waals surface area (Å²) < 4.78 is 7.08. The van der Waals surface area contributed by atoms with Gasteiger partial charge in [0.15, 0.2) is 5.13 Å². The third-order valence-corrected chi connectivity index (χ3v) is 6.78. The number of halogens is 1. The molecule has 0 aliphatic carbocycles. The third kappa shape index (κ3) is 3.40. The Morgan fingerprint density at radius 1 is 1.23 bits per heavy atom. The first-order valence-corrected chi connectivity index (χ1v) is 10.9. The van der Waals surface area contributed by atoms with Gasteiger partial charge in [0, 0.05) is 4.90 Å². The zero-order valence-corrected chi connectivity index (χ0v) is 16.8. The Labute approximate surface area is 167 Å². The van der Waals surface area contributed by atoms with Crippen LogP contribution in [0.2, 0.25) is 4.34 Å². The first-order chi connectivity index (χ1) is 12.7. The van der Waals surface area contributed by atoms with Crippen LogP contribution in [0.4, 0.5) is 5.13 Å². The molecule has 0 unspecified atom stereocenters. The molecule has 0 aliphatic rings. The van der Waals surface area contributed by atoms with Gasteiger partial charge in [-0.3, -0.25) is 9.69 Å². The van der Waals surface area contributed by atoms with Gasteiger partial charge in [-0.05, 0) is 42.7 Å². The molecule has 0 radical (unpaired) electrons. The first kappa shape index (κ1) is 17.6. The number of amides is 1. The zero-order valence-electron chi connectivity index (χ0n) is 13.6. The molecule has 0 atom stereocenters. The van der Waals surface area contributed by atoms with Gasteiger partial charge in [-0.1, -0.05) is 29.0 Å². The molecule has 0 bridgehead atoms. The highest BCUT2D eigenvalue weighted by Gasteiger charge is 2.24. The summed E-state index contributed by atoms with van der Waals surface area (Å²) in [6.45, 7) is 0.315. The van der Waals surface area contributed by atoms with Crippen molar-refractivity contribution in [1.82, 2.24) is 4.98 Å². The number of thiophene rings is 1. The van der Waals surface area contributed by atoms with Gasteiger partial charge >= 0.3 is 0 Å². The third-order valence-electron chi connectivity index (χ3n) is 3.74. The molecule has 0 spiro atoms. The van der Waals surface area contributed by atoms with Crippen LogP contribution in [0.25, 0.3) is 10.2 Å². The van der Waals surface area contributed by atoms with Crippen LogP contribution in [0.1, 0.15) is 15.4 Å². The summed E-state index contributed by atoms with van der Waals surface area (Å²) in [5.74, 6) is 0.563. The maximum Gasteiger partial charge on any atom is 0.270 e. The minimum Gasteiger partial charge on any atom is -0.467 e. The van der Waals surface area contributed by atoms with Gasteiger partial charge < -0.3 is 4.42 Å². The van der Waals surface area contributed by atoms with Crippen LogP contribution < -0.4 is 4.90 Å². The molecule has 0 N–H and O–H groups in total. The van der Waals surface area contributed by atoms with Gasteiger partial charge in [0.1, 0.15) is 5.76 Å². The maximum atomic E-state index is 13.1. The lowest BCUT2D eigenvalue weighted by atomic mass is 10.3. The Bertz CT molecular complexity index is 1060. The predicted molar refractivity (Wildman–Crippen MR) is 110 cm³/mol. The van der Waals surface area contributed by atoms with E-state index in [9.17, 15) is 4.79 Å². The fourth-order valence-corrected chi connectivity index (χ4v) is 5.15. The molecule has 3 aromatic heterocycles. The van der Waals surface area contributed by atoms with Crippen LogP contribution in [0.15, 0.2) is 58.0 Å². The lowest BCUT2D eigenvalue weighted by Crippen LogP contribution is -2.29. The monoisotopic (exact) mass is 420 g/mol. The van der Waals surface area contributed by atoms with Crippen LogP contribution >= 0.6 is 46.0 Å². The lowest BCUT2D eigenvalue weighted by molar-refractivity contribution is 0.0987. The molecular weight excluding hydrogens is 408 g/mol. The molecule has 4 rings (SSSR count). The molecule has 0 aliphatic heterocycles. The number of thioether (sulfide) groups is 1. The number of aromatic nitrogens is 1. The fourth-order valence-electron chi connectivity index (χ4n) is 2.54. The van der Waals surface area contributed by atoms with Gasteiger partial charge in [0.05, 0.1) is 32.2 Å². The number of nitrogens with zero attached hydrogens (tertiary/aromatic N) is 2. The summed E-state index contributed by atoms with van der Waals surface area (Å²) in [5, 5.41) is 0.646. The number of carbonyl (C=O) groups is 1. The second kappa shape index (κ2) is 7.44. The van der Waals surface area contributed by atoms with Gasteiger partial charge in [0.2, 0.25) is 0 Å². The molecule has 4 nitrogen and oxygen atoms in total. The number of furan rings is 1. The molecular formula is C18H13ClN2O2S3. The Kier molecular flexibility index (Phi) is 5.04. The van der Waals surface area contributed by atoms with Crippen LogP contribution in [-0.2, 0) is 6.54 Å². The molecule has 26 heavy (non-hydrogen) atoms. The molecule has 0 saturated heterocycles. The highest BCUT2D eigenvalue weighted by atomic mass is 35.5. The van der Waals surface area contributed by atoms with E-state index in [1.54, 1.807) is 35.1 Å². The number of benzene rings is 1. The van der Waals surface area contributed by atoms with Crippen molar-refractivity contribution in [1.29, 1.82) is 0 Å². The van der Waals surface area contributed by atoms with Crippen LogP contribution in [-0.4, -0.2) is 17.1 Å². The summed E-state index contributed by atoms with van der Waals surface area (Å²) >= 11 is 10.4. The van der Waals surface area contributed by atoms with Crippen molar-refractivity contribution in [2.45, 2.75) is 11.4 Å². The van der Waals surface area contributed by atoms with E-state index in [1.165, 1.54) is 22.7 Å². The van der Waals surface area contributed by atoms with Crippen LogP contribution in [0, 0.1) is 0 Å². The predicted octanol–water partition coefficient (Wildman–Crippen LogP) is 6.17. The number of fused-ring (bicyclic) bond motifs is 1. The number of anilines is 1. The lowest BCUT2D eigenvalue weighted by Gasteiger charge is -2.17. The molecule has 0 saturated carbocycles. The van der Waals surface area contributed by atoms with E-state index in [4.69, 9.17) is 21.0 Å². The van der Waals surface area contributed by atoms with Crippen molar-refractivity contribution >= 4 is 67.3 Å². The highest BCUT2D eigenvalue weighted by molar-refractivity contribution is 7.98. The van der Waals surface area contributed by atoms with Crippen molar-refractivity contribution in [3.05, 3.63) is 63.7 Å². The quantitative estimate of drug-likeness (QED) is 0.362. The highest BCUT2D eigenvalue weighted by Crippen LogP contribution is 2.36. The zero-order chi connectivity index (χ0) is 18.1. The van der Waals surface area contributed by atoms with E-state index >= 15 is 0 Å². The van der Waals surface area contributed by atoms with Gasteiger partial charge in [-0.15, -0.1) is 23.1 Å². The number of para-hydroxylation sites is 1. The van der Waals surface area contributed by atoms with Crippen LogP contribution in [0.3, 0.4) is 0 Å². The Morgan fingerprint density at radius 2 is 2.12 bits per heavy atom. The average molecular weight is 421 g/mol. The maximum absolute atomic E-state index is 13.1. The van der Waals surface area contributed by atoms with Crippen molar-refractivity contribution in [3.8, 4) is 0 Å². The minimum absolute atomic E-state index is 0.136. The van der Waals surface area contributed by atoms with Crippen molar-refractivity contribution in [3.63, 3.8) is 0 Å². The van der Waals surface area contributed by atoms with E-state index in [2.05, 4.69) is 0 Å². The average Bonchev–Trinajstić information content (AvgIpc) is 3.38. The van der Waals surface area contributed by atoms with E-state index in [1.807, 2.05) is 36.6 Å². The van der Waals surface area contributed by atoms with Crippen molar-refractivity contribution in [2.75, 3.05) is 11.2 Å². The molecule has 1 amide bonds. The summed E-state index contributed by atoms with van der Waals surface area (Å²) in [4.78, 5) is 21.2. The summed E-state index contributed by atoms with van der Waals surface area (Å²) in [6.07, 6.45) is 3.62. The standard InChI is InChI=1S/C18H13ClN2O2S3/c1-24-12-5-2-6-13-16(12)20-18(26-13)21(10-11-4-3-9-23-11)17(22)14-7-8-15(19)25-14/h2-9H,10H2,1H3. The molecule has 1 aromatic carbocycles. The largest absolute Gasteiger partial charge is 0.467 e. The van der Waals surface area contributed by atoms with Gasteiger partial charge in [-0.2, -0.15) is 0 Å². The fraction of sp³-hybridized carbons (Fsp3) is 0.111. The summed E-state index contributed by atoms with van der Waals surface area (Å²) in [5.41, 5.74) is 0.918. The first-order valence-electron chi connectivity index (χ1n) is 7.69. The number of rotatable bonds is 5. The van der Waals surface area contributed by atoms with Crippen molar-refractivity contribution in [2.24, 2.45) is 0 Å².